The smallest absolute Gasteiger partial charge is 0.306 e. The van der Waals surface area contributed by atoms with Crippen molar-refractivity contribution >= 4 is 23.4 Å². The molecule has 1 aromatic carbocycles. The molecule has 4 aliphatic rings. The number of ether oxygens (including phenoxy) is 1. The van der Waals surface area contributed by atoms with Crippen molar-refractivity contribution in [2.45, 2.75) is 76.9 Å². The Balaban J connectivity index is 1.14. The van der Waals surface area contributed by atoms with Gasteiger partial charge in [0, 0.05) is 29.7 Å². The van der Waals surface area contributed by atoms with Crippen LogP contribution >= 0.6 is 0 Å². The Morgan fingerprint density at radius 3 is 2.60 bits per heavy atom. The first-order chi connectivity index (χ1) is 19.9. The number of hydrogen-bond acceptors (Lipinski definition) is 7. The van der Waals surface area contributed by atoms with E-state index in [2.05, 4.69) is 12.2 Å². The van der Waals surface area contributed by atoms with Crippen LogP contribution in [0, 0.1) is 34.4 Å². The van der Waals surface area contributed by atoms with Gasteiger partial charge >= 0.3 is 5.97 Å². The molecule has 5 rings (SSSR count). The number of Topliss-reactive ketones (excluding diaryl/α,β-unsaturated/α-hetero) is 1. The third-order valence-electron chi connectivity index (χ3n) is 10.7. The summed E-state index contributed by atoms with van der Waals surface area (Å²) in [5.41, 5.74) is -1.15. The molecule has 0 radical (unpaired) electrons. The van der Waals surface area contributed by atoms with E-state index in [9.17, 15) is 33.8 Å². The van der Waals surface area contributed by atoms with Crippen molar-refractivity contribution in [2.75, 3.05) is 13.2 Å². The monoisotopic (exact) mass is 581 g/mol. The number of allylic oxidation sites excluding steroid dienone is 4. The van der Waals surface area contributed by atoms with Crippen molar-refractivity contribution in [1.29, 1.82) is 0 Å². The lowest BCUT2D eigenvalue weighted by Gasteiger charge is -2.59. The van der Waals surface area contributed by atoms with Crippen LogP contribution in [0.15, 0.2) is 48.1 Å². The van der Waals surface area contributed by atoms with Gasteiger partial charge in [0.1, 0.15) is 11.4 Å². The number of nitrogens with one attached hydrogen (secondary N) is 1. The Morgan fingerprint density at radius 1 is 1.12 bits per heavy atom. The Bertz CT molecular complexity index is 1320. The summed E-state index contributed by atoms with van der Waals surface area (Å²) >= 11 is 0. The molecule has 1 amide bonds. The molecule has 4 aliphatic carbocycles. The highest BCUT2D eigenvalue weighted by molar-refractivity contribution is 6.01. The van der Waals surface area contributed by atoms with Crippen molar-refractivity contribution in [3.05, 3.63) is 59.4 Å². The quantitative estimate of drug-likeness (QED) is 0.381. The van der Waals surface area contributed by atoms with Gasteiger partial charge in [-0.1, -0.05) is 37.6 Å². The van der Waals surface area contributed by atoms with Gasteiger partial charge in [-0.3, -0.25) is 19.2 Å². The summed E-state index contributed by atoms with van der Waals surface area (Å²) in [7, 11) is 0. The van der Waals surface area contributed by atoms with E-state index in [1.54, 1.807) is 24.3 Å². The number of esters is 1. The molecule has 226 valence electrons. The van der Waals surface area contributed by atoms with Gasteiger partial charge in [-0.25, -0.2) is 4.39 Å². The van der Waals surface area contributed by atoms with Crippen LogP contribution in [0.4, 0.5) is 4.39 Å². The maximum absolute atomic E-state index is 13.4. The van der Waals surface area contributed by atoms with Gasteiger partial charge in [0.15, 0.2) is 12.4 Å². The van der Waals surface area contributed by atoms with Crippen molar-refractivity contribution < 1.29 is 38.5 Å². The second-order valence-electron chi connectivity index (χ2n) is 12.9. The van der Waals surface area contributed by atoms with Crippen molar-refractivity contribution in [3.8, 4) is 0 Å². The molecule has 0 bridgehead atoms. The van der Waals surface area contributed by atoms with Crippen molar-refractivity contribution in [1.82, 2.24) is 5.32 Å². The summed E-state index contributed by atoms with van der Waals surface area (Å²) in [5.74, 6) is -2.03. The topological polar surface area (TPSA) is 130 Å². The largest absolute Gasteiger partial charge is 0.458 e. The van der Waals surface area contributed by atoms with E-state index in [1.807, 2.05) is 13.0 Å². The number of ketones is 2. The van der Waals surface area contributed by atoms with Crippen LogP contribution in [-0.2, 0) is 30.3 Å². The number of amides is 1. The van der Waals surface area contributed by atoms with Crippen LogP contribution in [0.5, 0.6) is 0 Å². The first-order valence-electron chi connectivity index (χ1n) is 14.9. The summed E-state index contributed by atoms with van der Waals surface area (Å²) < 4.78 is 18.2. The molecule has 0 saturated heterocycles. The van der Waals surface area contributed by atoms with Gasteiger partial charge in [-0.2, -0.15) is 0 Å². The third-order valence-corrected chi connectivity index (χ3v) is 10.7. The zero-order valence-electron chi connectivity index (χ0n) is 24.2. The minimum Gasteiger partial charge on any atom is -0.458 e. The average molecular weight is 582 g/mol. The Hall–Kier alpha value is -3.17. The minimum absolute atomic E-state index is 0.00133. The van der Waals surface area contributed by atoms with Crippen molar-refractivity contribution in [3.63, 3.8) is 0 Å². The Morgan fingerprint density at radius 2 is 1.86 bits per heavy atom. The fraction of sp³-hybridized carbons (Fsp3) is 0.576. The predicted octanol–water partition coefficient (Wildman–Crippen LogP) is 3.39. The number of carbonyl (C=O) groups excluding carboxylic acids is 4. The summed E-state index contributed by atoms with van der Waals surface area (Å²) in [5, 5.41) is 26.0. The standard InChI is InChI=1S/C33H40FNO7/c1-31-14-11-23(36)17-21(31)5-8-24-25-12-15-33(41,32(25,2)18-26(37)30(24)31)27(38)19-42-29(40)10-9-28(39)35-16-13-20-3-6-22(34)7-4-20/h3-4,6-7,11,14,17,24-26,30,37,41H,5,8-10,12-13,15-16,18-19H2,1-2H3,(H,35,39). The highest BCUT2D eigenvalue weighted by Crippen LogP contribution is 2.67. The van der Waals surface area contributed by atoms with Crippen LogP contribution in [0.2, 0.25) is 0 Å². The number of hydrogen-bond donors (Lipinski definition) is 3. The molecule has 7 atom stereocenters. The summed E-state index contributed by atoms with van der Waals surface area (Å²) in [6.07, 6.45) is 7.21. The van der Waals surface area contributed by atoms with Crippen LogP contribution in [0.25, 0.3) is 0 Å². The fourth-order valence-electron chi connectivity index (χ4n) is 8.43. The lowest BCUT2D eigenvalue weighted by atomic mass is 9.46. The minimum atomic E-state index is -1.74. The molecule has 1 aromatic rings. The second-order valence-corrected chi connectivity index (χ2v) is 12.9. The fourth-order valence-corrected chi connectivity index (χ4v) is 8.43. The highest BCUT2D eigenvalue weighted by atomic mass is 19.1. The van der Waals surface area contributed by atoms with E-state index in [-0.39, 0.29) is 60.9 Å². The molecule has 7 unspecified atom stereocenters. The van der Waals surface area contributed by atoms with Gasteiger partial charge in [0.05, 0.1) is 12.5 Å². The molecule has 0 heterocycles. The van der Waals surface area contributed by atoms with Crippen LogP contribution in [-0.4, -0.2) is 58.5 Å². The first-order valence-corrected chi connectivity index (χ1v) is 14.9. The van der Waals surface area contributed by atoms with Gasteiger partial charge in [-0.15, -0.1) is 0 Å². The zero-order chi connectivity index (χ0) is 30.3. The summed E-state index contributed by atoms with van der Waals surface area (Å²) in [6.45, 7) is 3.68. The normalized spacial score (nSPS) is 35.0. The van der Waals surface area contributed by atoms with Crippen LogP contribution < -0.4 is 5.32 Å². The van der Waals surface area contributed by atoms with E-state index in [1.165, 1.54) is 12.1 Å². The molecule has 0 spiro atoms. The second kappa shape index (κ2) is 11.5. The molecule has 0 aromatic heterocycles. The number of aliphatic hydroxyl groups excluding tert-OH is 1. The third kappa shape index (κ3) is 5.37. The highest BCUT2D eigenvalue weighted by Gasteiger charge is 2.68. The Labute approximate surface area is 245 Å². The predicted molar refractivity (Wildman–Crippen MR) is 151 cm³/mol. The van der Waals surface area contributed by atoms with Gasteiger partial charge < -0.3 is 20.3 Å². The van der Waals surface area contributed by atoms with E-state index in [0.29, 0.717) is 19.4 Å². The van der Waals surface area contributed by atoms with E-state index >= 15 is 0 Å². The van der Waals surface area contributed by atoms with Gasteiger partial charge in [0.2, 0.25) is 11.7 Å². The first kappa shape index (κ1) is 30.3. The molecular formula is C33H40FNO7. The molecule has 0 aliphatic heterocycles. The zero-order valence-corrected chi connectivity index (χ0v) is 24.2. The molecule has 3 saturated carbocycles. The summed E-state index contributed by atoms with van der Waals surface area (Å²) in [4.78, 5) is 49.9. The number of carbonyl (C=O) groups is 4. The molecular weight excluding hydrogens is 541 g/mol. The number of aliphatic hydroxyl groups is 2. The SMILES string of the molecule is CC12C=CC(=O)C=C1CCC1C2C(O)CC2(C)C1CCC2(O)C(=O)COC(=O)CCC(=O)NCCc1ccc(F)cc1. The van der Waals surface area contributed by atoms with Crippen LogP contribution in [0.3, 0.4) is 0 Å². The summed E-state index contributed by atoms with van der Waals surface area (Å²) in [6, 6.07) is 5.99. The van der Waals surface area contributed by atoms with E-state index in [4.69, 9.17) is 4.74 Å². The van der Waals surface area contributed by atoms with E-state index in [0.717, 1.165) is 24.0 Å². The van der Waals surface area contributed by atoms with Crippen molar-refractivity contribution in [2.24, 2.45) is 28.6 Å². The Kier molecular flexibility index (Phi) is 8.29. The number of fused-ring (bicyclic) bond motifs is 5. The molecule has 3 fully saturated rings. The van der Waals surface area contributed by atoms with Crippen LogP contribution in [0.1, 0.15) is 64.4 Å². The molecule has 42 heavy (non-hydrogen) atoms. The number of rotatable bonds is 9. The number of benzene rings is 1. The maximum atomic E-state index is 13.4. The number of halogens is 1. The molecule has 9 heteroatoms. The molecule has 3 N–H and O–H groups in total. The van der Waals surface area contributed by atoms with E-state index < -0.39 is 40.9 Å². The maximum Gasteiger partial charge on any atom is 0.306 e. The van der Waals surface area contributed by atoms with Gasteiger partial charge in [-0.05, 0) is 80.2 Å². The molecule has 8 nitrogen and oxygen atoms in total. The lowest BCUT2D eigenvalue weighted by molar-refractivity contribution is -0.181. The lowest BCUT2D eigenvalue weighted by Crippen LogP contribution is -2.61. The average Bonchev–Trinajstić information content (AvgIpc) is 3.22. The van der Waals surface area contributed by atoms with Gasteiger partial charge in [0.25, 0.3) is 0 Å².